The Kier molecular flexibility index (Phi) is 3.82. The quantitative estimate of drug-likeness (QED) is 0.813. The van der Waals surface area contributed by atoms with E-state index < -0.39 is 20.9 Å². The fourth-order valence-corrected chi connectivity index (χ4v) is 3.25. The normalized spacial score (nSPS) is 24.2. The van der Waals surface area contributed by atoms with Crippen LogP contribution >= 0.6 is 0 Å². The molecule has 0 atom stereocenters. The fourth-order valence-electron chi connectivity index (χ4n) is 2.23. The van der Waals surface area contributed by atoms with E-state index >= 15 is 0 Å². The molecule has 0 aromatic rings. The van der Waals surface area contributed by atoms with Crippen molar-refractivity contribution in [3.8, 4) is 0 Å². The topological polar surface area (TPSA) is 87.0 Å². The molecule has 2 heterocycles. The number of hydrogen-bond donors (Lipinski definition) is 1. The van der Waals surface area contributed by atoms with Crippen LogP contribution in [0.5, 0.6) is 0 Å². The number of hydrogen-bond acceptors (Lipinski definition) is 4. The second kappa shape index (κ2) is 5.19. The lowest BCUT2D eigenvalue weighted by Gasteiger charge is -2.18. The molecule has 0 unspecified atom stereocenters. The predicted octanol–water partition coefficient (Wildman–Crippen LogP) is 0.615. The molecule has 2 rings (SSSR count). The lowest BCUT2D eigenvalue weighted by Crippen LogP contribution is -2.29. The molecular weight excluding hydrogens is 256 g/mol. The molecule has 18 heavy (non-hydrogen) atoms. The molecule has 6 nitrogen and oxygen atoms in total. The van der Waals surface area contributed by atoms with Gasteiger partial charge in [-0.05, 0) is 32.0 Å². The second-order valence-corrected chi connectivity index (χ2v) is 6.13. The summed E-state index contributed by atoms with van der Waals surface area (Å²) in [5.41, 5.74) is 0.328. The number of likely N-dealkylation sites (tertiary alicyclic amines) is 1. The monoisotopic (exact) mass is 272 g/mol. The highest BCUT2D eigenvalue weighted by atomic mass is 32.2. The lowest BCUT2D eigenvalue weighted by atomic mass is 10.2. The largest absolute Gasteiger partial charge is 0.477 e. The van der Waals surface area contributed by atoms with Crippen LogP contribution in [-0.2, 0) is 14.8 Å². The van der Waals surface area contributed by atoms with Gasteiger partial charge in [-0.15, -0.1) is 0 Å². The molecule has 2 aliphatic heterocycles. The highest BCUT2D eigenvalue weighted by Crippen LogP contribution is 2.18. The molecule has 0 saturated carbocycles. The smallest absolute Gasteiger partial charge is 0.349 e. The number of rotatable bonds is 3. The Morgan fingerprint density at radius 1 is 1.28 bits per heavy atom. The number of sulfonamides is 1. The molecule has 1 fully saturated rings. The summed E-state index contributed by atoms with van der Waals surface area (Å²) in [5.74, 6) is -1.44. The first-order chi connectivity index (χ1) is 8.49. The van der Waals surface area contributed by atoms with E-state index in [1.807, 2.05) is 0 Å². The van der Waals surface area contributed by atoms with Crippen LogP contribution in [0.3, 0.4) is 0 Å². The zero-order valence-corrected chi connectivity index (χ0v) is 10.8. The first-order valence-corrected chi connectivity index (χ1v) is 7.44. The number of carboxylic acids is 1. The molecule has 0 spiro atoms. The van der Waals surface area contributed by atoms with Crippen LogP contribution in [0.25, 0.3) is 0 Å². The van der Waals surface area contributed by atoms with Crippen molar-refractivity contribution >= 4 is 21.7 Å². The van der Waals surface area contributed by atoms with Crippen LogP contribution in [0.4, 0.5) is 0 Å². The van der Waals surface area contributed by atoms with E-state index in [2.05, 4.69) is 9.30 Å². The van der Waals surface area contributed by atoms with Gasteiger partial charge in [0.1, 0.15) is 0 Å². The van der Waals surface area contributed by atoms with Crippen LogP contribution < -0.4 is 0 Å². The first kappa shape index (κ1) is 13.2. The summed E-state index contributed by atoms with van der Waals surface area (Å²) in [6.07, 6.45) is 5.74. The summed E-state index contributed by atoms with van der Waals surface area (Å²) in [6.45, 7) is 2.24. The van der Waals surface area contributed by atoms with Crippen molar-refractivity contribution in [1.82, 2.24) is 4.90 Å². The SMILES string of the molecule is O=C(O)C1=CC(CN2CCCCCC2)=NS1(=O)=O. The van der Waals surface area contributed by atoms with Crippen LogP contribution in [0.2, 0.25) is 0 Å². The Labute approximate surface area is 106 Å². The summed E-state index contributed by atoms with van der Waals surface area (Å²) in [6, 6.07) is 0. The number of aliphatic carboxylic acids is 1. The Bertz CT molecular complexity index is 499. The van der Waals surface area contributed by atoms with E-state index in [0.29, 0.717) is 12.3 Å². The minimum atomic E-state index is -3.97. The molecule has 1 saturated heterocycles. The summed E-state index contributed by atoms with van der Waals surface area (Å²) in [4.78, 5) is 12.3. The van der Waals surface area contributed by atoms with Crippen molar-refractivity contribution in [2.75, 3.05) is 19.6 Å². The van der Waals surface area contributed by atoms with Crippen LogP contribution in [0.15, 0.2) is 15.4 Å². The molecule has 1 N–H and O–H groups in total. The maximum Gasteiger partial charge on any atom is 0.349 e. The minimum absolute atomic E-state index is 0.328. The third-order valence-corrected chi connectivity index (χ3v) is 4.43. The van der Waals surface area contributed by atoms with E-state index in [-0.39, 0.29) is 0 Å². The van der Waals surface area contributed by atoms with E-state index in [1.54, 1.807) is 0 Å². The zero-order chi connectivity index (χ0) is 13.2. The van der Waals surface area contributed by atoms with Gasteiger partial charge >= 0.3 is 5.97 Å². The molecule has 0 aromatic carbocycles. The maximum absolute atomic E-state index is 11.5. The van der Waals surface area contributed by atoms with Crippen molar-refractivity contribution in [2.45, 2.75) is 25.7 Å². The van der Waals surface area contributed by atoms with Crippen LogP contribution in [0, 0.1) is 0 Å². The van der Waals surface area contributed by atoms with Gasteiger partial charge in [0.05, 0.1) is 5.71 Å². The van der Waals surface area contributed by atoms with Gasteiger partial charge < -0.3 is 5.11 Å². The number of carboxylic acid groups (broad SMARTS) is 1. The molecule has 0 radical (unpaired) electrons. The third kappa shape index (κ3) is 2.97. The first-order valence-electron chi connectivity index (χ1n) is 6.00. The molecule has 0 amide bonds. The number of nitrogens with zero attached hydrogens (tertiary/aromatic N) is 2. The summed E-state index contributed by atoms with van der Waals surface area (Å²) >= 11 is 0. The van der Waals surface area contributed by atoms with Gasteiger partial charge in [-0.2, -0.15) is 12.8 Å². The molecule has 0 bridgehead atoms. The number of carbonyl (C=O) groups is 1. The molecule has 0 aliphatic carbocycles. The highest BCUT2D eigenvalue weighted by Gasteiger charge is 2.30. The van der Waals surface area contributed by atoms with Gasteiger partial charge in [0.15, 0.2) is 4.91 Å². The predicted molar refractivity (Wildman–Crippen MR) is 67.0 cm³/mol. The van der Waals surface area contributed by atoms with Crippen molar-refractivity contribution in [3.63, 3.8) is 0 Å². The summed E-state index contributed by atoms with van der Waals surface area (Å²) < 4.78 is 26.5. The van der Waals surface area contributed by atoms with E-state index in [9.17, 15) is 13.2 Å². The van der Waals surface area contributed by atoms with E-state index in [4.69, 9.17) is 5.11 Å². The lowest BCUT2D eigenvalue weighted by molar-refractivity contribution is -0.131. The molecule has 100 valence electrons. The van der Waals surface area contributed by atoms with E-state index in [1.165, 1.54) is 18.9 Å². The van der Waals surface area contributed by atoms with Crippen molar-refractivity contribution < 1.29 is 18.3 Å². The van der Waals surface area contributed by atoms with Crippen molar-refractivity contribution in [1.29, 1.82) is 0 Å². The zero-order valence-electron chi connectivity index (χ0n) is 10.0. The second-order valence-electron chi connectivity index (χ2n) is 4.56. The molecule has 0 aromatic heterocycles. The Hall–Kier alpha value is -1.21. The Balaban J connectivity index is 2.09. The van der Waals surface area contributed by atoms with Crippen LogP contribution in [-0.4, -0.2) is 49.7 Å². The van der Waals surface area contributed by atoms with Crippen LogP contribution in [0.1, 0.15) is 25.7 Å². The average molecular weight is 272 g/mol. The Morgan fingerprint density at radius 3 is 2.39 bits per heavy atom. The van der Waals surface area contributed by atoms with Gasteiger partial charge in [-0.25, -0.2) is 4.79 Å². The van der Waals surface area contributed by atoms with E-state index in [0.717, 1.165) is 25.9 Å². The standard InChI is InChI=1S/C11H16N2O4S/c14-11(15)10-7-9(12-18(10,16)17)8-13-5-3-1-2-4-6-13/h7H,1-6,8H2,(H,14,15). The molecule has 2 aliphatic rings. The third-order valence-electron chi connectivity index (χ3n) is 3.11. The highest BCUT2D eigenvalue weighted by molar-refractivity contribution is 7.95. The molecule has 7 heteroatoms. The van der Waals surface area contributed by atoms with Gasteiger partial charge in [0, 0.05) is 6.54 Å². The van der Waals surface area contributed by atoms with Gasteiger partial charge in [0.2, 0.25) is 0 Å². The summed E-state index contributed by atoms with van der Waals surface area (Å²) in [5, 5.41) is 8.78. The van der Waals surface area contributed by atoms with Gasteiger partial charge in [0.25, 0.3) is 10.0 Å². The molecular formula is C11H16N2O4S. The van der Waals surface area contributed by atoms with Crippen molar-refractivity contribution in [2.24, 2.45) is 4.40 Å². The fraction of sp³-hybridized carbons (Fsp3) is 0.636. The van der Waals surface area contributed by atoms with Gasteiger partial charge in [-0.1, -0.05) is 12.8 Å². The maximum atomic E-state index is 11.5. The van der Waals surface area contributed by atoms with Crippen molar-refractivity contribution in [3.05, 3.63) is 11.0 Å². The van der Waals surface area contributed by atoms with Gasteiger partial charge in [-0.3, -0.25) is 4.90 Å². The average Bonchev–Trinajstić information content (AvgIpc) is 2.48. The Morgan fingerprint density at radius 2 is 1.89 bits per heavy atom. The summed E-state index contributed by atoms with van der Waals surface area (Å²) in [7, 11) is -3.97. The minimum Gasteiger partial charge on any atom is -0.477 e.